The topological polar surface area (TPSA) is 62.0 Å². The zero-order valence-electron chi connectivity index (χ0n) is 16.4. The van der Waals surface area contributed by atoms with Gasteiger partial charge in [-0.25, -0.2) is 0 Å². The smallest absolute Gasteiger partial charge is 0.127 e. The number of nitrogens with zero attached hydrogens (tertiary/aromatic N) is 1. The molecule has 2 fully saturated rings. The summed E-state index contributed by atoms with van der Waals surface area (Å²) in [5.41, 5.74) is 7.27. The van der Waals surface area contributed by atoms with Crippen LogP contribution in [0.25, 0.3) is 22.3 Å². The molecular formula is C24H26N4O. The summed E-state index contributed by atoms with van der Waals surface area (Å²) in [7, 11) is 0. The highest BCUT2D eigenvalue weighted by Crippen LogP contribution is 2.39. The van der Waals surface area contributed by atoms with Crippen molar-refractivity contribution >= 4 is 5.69 Å². The lowest BCUT2D eigenvalue weighted by atomic mass is 9.95. The van der Waals surface area contributed by atoms with E-state index in [0.717, 1.165) is 23.3 Å². The summed E-state index contributed by atoms with van der Waals surface area (Å²) in [6.45, 7) is 0.704. The minimum absolute atomic E-state index is 0.582. The van der Waals surface area contributed by atoms with E-state index < -0.39 is 0 Å². The van der Waals surface area contributed by atoms with E-state index in [0.29, 0.717) is 24.7 Å². The predicted octanol–water partition coefficient (Wildman–Crippen LogP) is 4.37. The second-order valence-corrected chi connectivity index (χ2v) is 8.62. The first-order chi connectivity index (χ1) is 14.3. The van der Waals surface area contributed by atoms with Crippen LogP contribution in [0.15, 0.2) is 48.8 Å². The molecule has 5 heteroatoms. The highest BCUT2D eigenvalue weighted by molar-refractivity contribution is 5.79. The molecule has 3 aliphatic rings. The van der Waals surface area contributed by atoms with Gasteiger partial charge in [0.1, 0.15) is 5.75 Å². The maximum atomic E-state index is 6.14. The number of aromatic nitrogens is 2. The molecule has 4 heterocycles. The van der Waals surface area contributed by atoms with Gasteiger partial charge in [-0.2, -0.15) is 5.10 Å². The van der Waals surface area contributed by atoms with Crippen LogP contribution in [0.2, 0.25) is 0 Å². The van der Waals surface area contributed by atoms with E-state index in [1.54, 1.807) is 0 Å². The third-order valence-corrected chi connectivity index (χ3v) is 6.68. The van der Waals surface area contributed by atoms with Gasteiger partial charge in [-0.15, -0.1) is 0 Å². The van der Waals surface area contributed by atoms with Gasteiger partial charge in [-0.1, -0.05) is 18.2 Å². The Morgan fingerprint density at radius 2 is 1.83 bits per heavy atom. The van der Waals surface area contributed by atoms with Gasteiger partial charge in [0.25, 0.3) is 0 Å². The van der Waals surface area contributed by atoms with Crippen molar-refractivity contribution < 1.29 is 4.74 Å². The Bertz CT molecular complexity index is 1020. The van der Waals surface area contributed by atoms with Crippen LogP contribution in [0, 0.1) is 0 Å². The zero-order valence-corrected chi connectivity index (χ0v) is 16.4. The highest BCUT2D eigenvalue weighted by atomic mass is 16.5. The first-order valence-corrected chi connectivity index (χ1v) is 10.7. The second-order valence-electron chi connectivity index (χ2n) is 8.62. The van der Waals surface area contributed by atoms with Gasteiger partial charge in [0.05, 0.1) is 12.8 Å². The Hall–Kier alpha value is -2.79. The Morgan fingerprint density at radius 3 is 2.66 bits per heavy atom. The summed E-state index contributed by atoms with van der Waals surface area (Å²) in [5, 5.41) is 14.5. The van der Waals surface area contributed by atoms with E-state index in [-0.39, 0.29) is 0 Å². The number of fused-ring (bicyclic) bond motifs is 5. The molecule has 0 aliphatic carbocycles. The van der Waals surface area contributed by atoms with Crippen LogP contribution in [-0.4, -0.2) is 34.9 Å². The molecule has 2 saturated heterocycles. The maximum absolute atomic E-state index is 6.14. The van der Waals surface area contributed by atoms with Gasteiger partial charge in [0, 0.05) is 47.6 Å². The van der Waals surface area contributed by atoms with Crippen LogP contribution in [0.1, 0.15) is 31.2 Å². The molecule has 2 bridgehead atoms. The lowest BCUT2D eigenvalue weighted by molar-refractivity contribution is 0.326. The van der Waals surface area contributed by atoms with E-state index >= 15 is 0 Å². The number of H-pyrrole nitrogens is 1. The normalized spacial score (nSPS) is 24.9. The minimum atomic E-state index is 0.582. The molecule has 3 N–H and O–H groups in total. The van der Waals surface area contributed by atoms with Crippen molar-refractivity contribution in [2.75, 3.05) is 11.9 Å². The maximum Gasteiger partial charge on any atom is 0.127 e. The van der Waals surface area contributed by atoms with Gasteiger partial charge in [-0.05, 0) is 60.6 Å². The number of aromatic amines is 1. The van der Waals surface area contributed by atoms with Crippen LogP contribution in [0.4, 0.5) is 5.69 Å². The van der Waals surface area contributed by atoms with Crippen molar-refractivity contribution in [3.8, 4) is 28.0 Å². The summed E-state index contributed by atoms with van der Waals surface area (Å²) in [5.74, 6) is 0.957. The Labute approximate surface area is 170 Å². The molecule has 6 rings (SSSR count). The molecule has 2 aromatic carbocycles. The molecule has 0 saturated carbocycles. The summed E-state index contributed by atoms with van der Waals surface area (Å²) >= 11 is 0. The summed E-state index contributed by atoms with van der Waals surface area (Å²) < 4.78 is 6.14. The quantitative estimate of drug-likeness (QED) is 0.625. The number of hydrogen-bond acceptors (Lipinski definition) is 4. The number of hydrogen-bond donors (Lipinski definition) is 3. The highest BCUT2D eigenvalue weighted by Gasteiger charge is 2.33. The first kappa shape index (κ1) is 17.1. The van der Waals surface area contributed by atoms with Gasteiger partial charge in [-0.3, -0.25) is 5.10 Å². The van der Waals surface area contributed by atoms with Crippen LogP contribution in [-0.2, 0) is 6.42 Å². The molecule has 5 nitrogen and oxygen atoms in total. The fraction of sp³-hybridized carbons (Fsp3) is 0.375. The largest absolute Gasteiger partial charge is 0.493 e. The number of anilines is 1. The Balaban J connectivity index is 1.28. The molecule has 0 amide bonds. The standard InChI is InChI=1S/C24H26N4O/c1-5-23-22-6-4-18(28-21-11-19-2-3-20(12-21)27-19)9-16(22)7-8-29-24(23)10-15(1)17-13-25-26-14-17/h1,4-6,9-10,13-14,19-21,27-28H,2-3,7-8,11-12H2,(H,25,26). The molecule has 29 heavy (non-hydrogen) atoms. The average Bonchev–Trinajstić information content (AvgIpc) is 3.34. The van der Waals surface area contributed by atoms with Crippen LogP contribution < -0.4 is 15.4 Å². The molecule has 2 atom stereocenters. The van der Waals surface area contributed by atoms with Crippen LogP contribution in [0.5, 0.6) is 5.75 Å². The Morgan fingerprint density at radius 1 is 0.966 bits per heavy atom. The molecular weight excluding hydrogens is 360 g/mol. The number of piperidine rings is 1. The monoisotopic (exact) mass is 386 g/mol. The summed E-state index contributed by atoms with van der Waals surface area (Å²) in [6.07, 6.45) is 9.82. The molecule has 2 unspecified atom stereocenters. The van der Waals surface area contributed by atoms with Gasteiger partial charge in [0.15, 0.2) is 0 Å². The zero-order chi connectivity index (χ0) is 19.2. The van der Waals surface area contributed by atoms with E-state index in [9.17, 15) is 0 Å². The minimum Gasteiger partial charge on any atom is -0.493 e. The van der Waals surface area contributed by atoms with Crippen molar-refractivity contribution in [3.63, 3.8) is 0 Å². The molecule has 3 aliphatic heterocycles. The third kappa shape index (κ3) is 3.19. The van der Waals surface area contributed by atoms with Crippen molar-refractivity contribution in [1.29, 1.82) is 0 Å². The number of nitrogens with one attached hydrogen (secondary N) is 3. The molecule has 0 spiro atoms. The predicted molar refractivity (Wildman–Crippen MR) is 115 cm³/mol. The van der Waals surface area contributed by atoms with E-state index in [1.165, 1.54) is 48.1 Å². The fourth-order valence-electron chi connectivity index (χ4n) is 5.29. The number of rotatable bonds is 3. The van der Waals surface area contributed by atoms with Gasteiger partial charge in [0.2, 0.25) is 0 Å². The van der Waals surface area contributed by atoms with Gasteiger partial charge >= 0.3 is 0 Å². The number of ether oxygens (including phenoxy) is 1. The van der Waals surface area contributed by atoms with E-state index in [1.807, 2.05) is 12.4 Å². The third-order valence-electron chi connectivity index (χ3n) is 6.68. The SMILES string of the molecule is c1cc2c(cc1NC1CC3CCC(C1)N3)CCOc1cc(-c3cn[nH]c3)ccc1-2. The van der Waals surface area contributed by atoms with Crippen LogP contribution in [0.3, 0.4) is 0 Å². The van der Waals surface area contributed by atoms with Crippen molar-refractivity contribution in [2.24, 2.45) is 0 Å². The first-order valence-electron chi connectivity index (χ1n) is 10.7. The lowest BCUT2D eigenvalue weighted by Gasteiger charge is -2.30. The van der Waals surface area contributed by atoms with Crippen molar-refractivity contribution in [3.05, 3.63) is 54.4 Å². The molecule has 3 aromatic rings. The van der Waals surface area contributed by atoms with Crippen LogP contribution >= 0.6 is 0 Å². The van der Waals surface area contributed by atoms with Crippen molar-refractivity contribution in [1.82, 2.24) is 15.5 Å². The molecule has 0 radical (unpaired) electrons. The summed E-state index contributed by atoms with van der Waals surface area (Å²) in [6, 6.07) is 15.3. The Kier molecular flexibility index (Phi) is 4.08. The average molecular weight is 386 g/mol. The van der Waals surface area contributed by atoms with Gasteiger partial charge < -0.3 is 15.4 Å². The lowest BCUT2D eigenvalue weighted by Crippen LogP contribution is -2.43. The second kappa shape index (κ2) is 6.92. The van der Waals surface area contributed by atoms with Crippen molar-refractivity contribution in [2.45, 2.75) is 50.2 Å². The van der Waals surface area contributed by atoms with E-state index in [2.05, 4.69) is 57.2 Å². The van der Waals surface area contributed by atoms with E-state index in [4.69, 9.17) is 4.74 Å². The number of benzene rings is 2. The molecule has 1 aromatic heterocycles. The molecule has 148 valence electrons. The fourth-order valence-corrected chi connectivity index (χ4v) is 5.29. The summed E-state index contributed by atoms with van der Waals surface area (Å²) in [4.78, 5) is 0.